The molecule has 0 bridgehead atoms. The number of nitrogens with zero attached hydrogens (tertiary/aromatic N) is 5. The molecule has 3 aromatic rings. The van der Waals surface area contributed by atoms with Crippen LogP contribution in [0.3, 0.4) is 0 Å². The van der Waals surface area contributed by atoms with Crippen LogP contribution in [-0.2, 0) is 18.9 Å². The summed E-state index contributed by atoms with van der Waals surface area (Å²) < 4.78 is 9.72. The highest BCUT2D eigenvalue weighted by Gasteiger charge is 2.29. The van der Waals surface area contributed by atoms with Gasteiger partial charge in [0, 0.05) is 50.9 Å². The lowest BCUT2D eigenvalue weighted by atomic mass is 10.0. The van der Waals surface area contributed by atoms with Crippen molar-refractivity contribution in [2.24, 2.45) is 20.0 Å². The Bertz CT molecular complexity index is 989. The second-order valence-corrected chi connectivity index (χ2v) is 6.94. The molecule has 0 radical (unpaired) electrons. The predicted octanol–water partition coefficient (Wildman–Crippen LogP) is 1.58. The lowest BCUT2D eigenvalue weighted by Crippen LogP contribution is -2.26. The molecule has 0 aliphatic carbocycles. The number of hydrogen-bond donors (Lipinski definition) is 1. The molecule has 8 nitrogen and oxygen atoms in total. The lowest BCUT2D eigenvalue weighted by molar-refractivity contribution is -0.119. The van der Waals surface area contributed by atoms with Crippen LogP contribution >= 0.6 is 0 Å². The van der Waals surface area contributed by atoms with Gasteiger partial charge < -0.3 is 10.1 Å². The molecule has 4 heterocycles. The van der Waals surface area contributed by atoms with Crippen molar-refractivity contribution in [3.8, 4) is 17.1 Å². The number of aryl methyl sites for hydroxylation is 3. The molecule has 1 aliphatic rings. The van der Waals surface area contributed by atoms with E-state index >= 15 is 0 Å². The largest absolute Gasteiger partial charge is 0.474 e. The maximum atomic E-state index is 11.5. The van der Waals surface area contributed by atoms with Crippen LogP contribution in [0.1, 0.15) is 19.0 Å². The van der Waals surface area contributed by atoms with Crippen LogP contribution in [0.2, 0.25) is 0 Å². The van der Waals surface area contributed by atoms with E-state index in [9.17, 15) is 4.79 Å². The summed E-state index contributed by atoms with van der Waals surface area (Å²) in [6.45, 7) is 4.58. The molecule has 1 amide bonds. The van der Waals surface area contributed by atoms with E-state index in [4.69, 9.17) is 9.72 Å². The molecule has 8 heteroatoms. The smallest absolute Gasteiger partial charge is 0.225 e. The topological polar surface area (TPSA) is 86.9 Å². The van der Waals surface area contributed by atoms with Crippen LogP contribution in [0.25, 0.3) is 22.2 Å². The minimum Gasteiger partial charge on any atom is -0.474 e. The summed E-state index contributed by atoms with van der Waals surface area (Å²) in [4.78, 5) is 16.3. The molecule has 136 valence electrons. The summed E-state index contributed by atoms with van der Waals surface area (Å²) in [7, 11) is 3.77. The van der Waals surface area contributed by atoms with Crippen molar-refractivity contribution in [3.05, 3.63) is 24.2 Å². The number of ether oxygens (including phenoxy) is 1. The summed E-state index contributed by atoms with van der Waals surface area (Å²) in [6.07, 6.45) is 4.20. The number of carbonyl (C=O) groups excluding carboxylic acids is 1. The maximum absolute atomic E-state index is 11.5. The van der Waals surface area contributed by atoms with Crippen molar-refractivity contribution in [1.29, 1.82) is 0 Å². The van der Waals surface area contributed by atoms with Gasteiger partial charge in [-0.15, -0.1) is 0 Å². The third kappa shape index (κ3) is 2.91. The Labute approximate surface area is 151 Å². The molecule has 1 saturated heterocycles. The molecule has 3 aromatic heterocycles. The molecule has 1 fully saturated rings. The van der Waals surface area contributed by atoms with Crippen molar-refractivity contribution < 1.29 is 9.53 Å². The summed E-state index contributed by atoms with van der Waals surface area (Å²) in [5.74, 6) is 0.755. The zero-order chi connectivity index (χ0) is 18.4. The fourth-order valence-corrected chi connectivity index (χ4v) is 3.42. The first-order valence-corrected chi connectivity index (χ1v) is 8.69. The lowest BCUT2D eigenvalue weighted by Gasteiger charge is -2.19. The Hall–Kier alpha value is -2.90. The molecule has 4 rings (SSSR count). The van der Waals surface area contributed by atoms with Gasteiger partial charge in [0.2, 0.25) is 11.8 Å². The fraction of sp³-hybridized carbons (Fsp3) is 0.444. The Morgan fingerprint density at radius 2 is 2.04 bits per heavy atom. The average molecular weight is 354 g/mol. The van der Waals surface area contributed by atoms with Gasteiger partial charge in [0.05, 0.1) is 22.3 Å². The van der Waals surface area contributed by atoms with Crippen LogP contribution in [0.5, 0.6) is 5.88 Å². The Morgan fingerprint density at radius 3 is 2.69 bits per heavy atom. The van der Waals surface area contributed by atoms with Gasteiger partial charge in [-0.1, -0.05) is 0 Å². The molecule has 1 N–H and O–H groups in total. The Balaban J connectivity index is 1.75. The van der Waals surface area contributed by atoms with Gasteiger partial charge in [-0.25, -0.2) is 4.98 Å². The predicted molar refractivity (Wildman–Crippen MR) is 96.7 cm³/mol. The van der Waals surface area contributed by atoms with E-state index in [1.165, 1.54) is 0 Å². The van der Waals surface area contributed by atoms with Gasteiger partial charge >= 0.3 is 0 Å². The number of amides is 1. The molecular formula is C18H22N6O2. The maximum Gasteiger partial charge on any atom is 0.225 e. The van der Waals surface area contributed by atoms with Crippen LogP contribution < -0.4 is 10.1 Å². The van der Waals surface area contributed by atoms with Gasteiger partial charge in [-0.2, -0.15) is 10.2 Å². The summed E-state index contributed by atoms with van der Waals surface area (Å²) in [5.41, 5.74) is 3.46. The third-order valence-electron chi connectivity index (χ3n) is 4.84. The Morgan fingerprint density at radius 1 is 1.27 bits per heavy atom. The van der Waals surface area contributed by atoms with Crippen LogP contribution in [0.4, 0.5) is 0 Å². The summed E-state index contributed by atoms with van der Waals surface area (Å²) >= 11 is 0. The number of aromatic nitrogens is 5. The highest BCUT2D eigenvalue weighted by atomic mass is 16.5. The van der Waals surface area contributed by atoms with Crippen molar-refractivity contribution in [3.63, 3.8) is 0 Å². The van der Waals surface area contributed by atoms with E-state index in [0.29, 0.717) is 18.8 Å². The van der Waals surface area contributed by atoms with Crippen molar-refractivity contribution in [2.45, 2.75) is 26.4 Å². The number of fused-ring (bicyclic) bond motifs is 1. The van der Waals surface area contributed by atoms with Gasteiger partial charge in [0.1, 0.15) is 6.10 Å². The molecule has 0 aromatic carbocycles. The van der Waals surface area contributed by atoms with E-state index in [1.807, 2.05) is 46.4 Å². The highest BCUT2D eigenvalue weighted by Crippen LogP contribution is 2.31. The Kier molecular flexibility index (Phi) is 3.90. The number of nitrogens with one attached hydrogen (secondary N) is 1. The van der Waals surface area contributed by atoms with Crippen molar-refractivity contribution in [1.82, 2.24) is 29.9 Å². The number of carbonyl (C=O) groups is 1. The molecule has 26 heavy (non-hydrogen) atoms. The molecule has 1 aliphatic heterocycles. The molecule has 2 atom stereocenters. The first-order valence-electron chi connectivity index (χ1n) is 8.69. The van der Waals surface area contributed by atoms with Crippen molar-refractivity contribution in [2.75, 3.05) is 6.54 Å². The first-order chi connectivity index (χ1) is 12.4. The van der Waals surface area contributed by atoms with Crippen molar-refractivity contribution >= 4 is 16.8 Å². The SMILES string of the molecule is Cc1nn(C)cc1-c1cc2nn(C)cc2c(OC(C)C2CNC(=O)C2)n1. The quantitative estimate of drug-likeness (QED) is 0.769. The second-order valence-electron chi connectivity index (χ2n) is 6.94. The van der Waals surface area contributed by atoms with E-state index in [0.717, 1.165) is 27.9 Å². The fourth-order valence-electron chi connectivity index (χ4n) is 3.42. The van der Waals surface area contributed by atoms with E-state index < -0.39 is 0 Å². The normalized spacial score (nSPS) is 18.3. The zero-order valence-corrected chi connectivity index (χ0v) is 15.4. The van der Waals surface area contributed by atoms with Crippen LogP contribution in [-0.4, -0.2) is 43.1 Å². The highest BCUT2D eigenvalue weighted by molar-refractivity contribution is 5.87. The van der Waals surface area contributed by atoms with Crippen LogP contribution in [0, 0.1) is 12.8 Å². The second kappa shape index (κ2) is 6.12. The van der Waals surface area contributed by atoms with E-state index in [1.54, 1.807) is 9.36 Å². The summed E-state index contributed by atoms with van der Waals surface area (Å²) in [5, 5.41) is 12.6. The van der Waals surface area contributed by atoms with E-state index in [2.05, 4.69) is 15.5 Å². The minimum absolute atomic E-state index is 0.0738. The molecule has 0 saturated carbocycles. The number of hydrogen-bond acceptors (Lipinski definition) is 5. The first kappa shape index (κ1) is 16.6. The van der Waals surface area contributed by atoms with Gasteiger partial charge in [-0.05, 0) is 19.9 Å². The summed E-state index contributed by atoms with van der Waals surface area (Å²) in [6, 6.07) is 1.96. The van der Waals surface area contributed by atoms with E-state index in [-0.39, 0.29) is 17.9 Å². The van der Waals surface area contributed by atoms with Gasteiger partial charge in [-0.3, -0.25) is 14.2 Å². The van der Waals surface area contributed by atoms with Gasteiger partial charge in [0.15, 0.2) is 0 Å². The zero-order valence-electron chi connectivity index (χ0n) is 15.4. The van der Waals surface area contributed by atoms with Crippen LogP contribution in [0.15, 0.2) is 18.5 Å². The standard InChI is InChI=1S/C18H22N6O2/c1-10-13(8-23(3)21-10)15-6-16-14(9-24(4)22-16)18(20-15)26-11(2)12-5-17(25)19-7-12/h6,8-9,11-12H,5,7H2,1-4H3,(H,19,25). The molecule has 0 spiro atoms. The third-order valence-corrected chi connectivity index (χ3v) is 4.84. The molecular weight excluding hydrogens is 332 g/mol. The molecule has 2 unspecified atom stereocenters. The minimum atomic E-state index is -0.130. The van der Waals surface area contributed by atoms with Gasteiger partial charge in [0.25, 0.3) is 0 Å². The number of pyridine rings is 1. The number of rotatable bonds is 4. The average Bonchev–Trinajstić information content (AvgIpc) is 3.25. The monoisotopic (exact) mass is 354 g/mol.